The Bertz CT molecular complexity index is 834. The number of hydrazine groups is 1. The zero-order valence-electron chi connectivity index (χ0n) is 15.0. The van der Waals surface area contributed by atoms with E-state index in [1.165, 1.54) is 12.1 Å². The van der Waals surface area contributed by atoms with Crippen molar-refractivity contribution in [1.82, 2.24) is 16.2 Å². The van der Waals surface area contributed by atoms with Gasteiger partial charge in [-0.05, 0) is 35.4 Å². The highest BCUT2D eigenvalue weighted by atomic mass is 35.5. The van der Waals surface area contributed by atoms with Crippen molar-refractivity contribution in [3.05, 3.63) is 58.4 Å². The molecule has 6 nitrogen and oxygen atoms in total. The zero-order chi connectivity index (χ0) is 19.4. The Hall–Kier alpha value is -2.35. The van der Waals surface area contributed by atoms with Gasteiger partial charge in [-0.15, -0.1) is 0 Å². The Labute approximate surface area is 162 Å². The van der Waals surface area contributed by atoms with Crippen LogP contribution >= 0.6 is 11.6 Å². The highest BCUT2D eigenvalue weighted by Crippen LogP contribution is 2.33. The third-order valence-electron chi connectivity index (χ3n) is 4.55. The normalized spacial score (nSPS) is 19.0. The Balaban J connectivity index is 1.71. The minimum atomic E-state index is -0.409. The number of amides is 1. The monoisotopic (exact) mass is 393 g/mol. The summed E-state index contributed by atoms with van der Waals surface area (Å²) in [4.78, 5) is 12.7. The van der Waals surface area contributed by atoms with Crippen LogP contribution in [-0.2, 0) is 11.3 Å². The fourth-order valence-corrected chi connectivity index (χ4v) is 3.32. The average Bonchev–Trinajstić information content (AvgIpc) is 3.16. The molecule has 8 heteroatoms. The molecule has 1 fully saturated rings. The van der Waals surface area contributed by atoms with E-state index in [0.717, 1.165) is 5.56 Å². The van der Waals surface area contributed by atoms with Gasteiger partial charge in [0.05, 0.1) is 26.2 Å². The number of halogens is 2. The number of carbonyl (C=O) groups excluding carboxylic acids is 1. The van der Waals surface area contributed by atoms with Gasteiger partial charge in [0.25, 0.3) is 0 Å². The van der Waals surface area contributed by atoms with E-state index in [1.807, 2.05) is 12.1 Å². The third kappa shape index (κ3) is 4.32. The maximum atomic E-state index is 13.1. The van der Waals surface area contributed by atoms with Gasteiger partial charge >= 0.3 is 0 Å². The summed E-state index contributed by atoms with van der Waals surface area (Å²) in [5, 5.41) is 3.16. The molecule has 1 saturated heterocycles. The van der Waals surface area contributed by atoms with Crippen LogP contribution in [0.2, 0.25) is 5.02 Å². The lowest BCUT2D eigenvalue weighted by atomic mass is 9.93. The molecule has 0 radical (unpaired) electrons. The van der Waals surface area contributed by atoms with E-state index in [4.69, 9.17) is 21.1 Å². The van der Waals surface area contributed by atoms with Crippen molar-refractivity contribution in [1.29, 1.82) is 0 Å². The predicted octanol–water partition coefficient (Wildman–Crippen LogP) is 2.58. The van der Waals surface area contributed by atoms with Crippen LogP contribution in [0.5, 0.6) is 11.5 Å². The third-order valence-corrected chi connectivity index (χ3v) is 4.91. The molecule has 0 aliphatic carbocycles. The second-order valence-corrected chi connectivity index (χ2v) is 6.58. The second-order valence-electron chi connectivity index (χ2n) is 6.18. The summed E-state index contributed by atoms with van der Waals surface area (Å²) >= 11 is 6.02. The van der Waals surface area contributed by atoms with Crippen LogP contribution in [0.4, 0.5) is 4.39 Å². The quantitative estimate of drug-likeness (QED) is 0.703. The predicted molar refractivity (Wildman–Crippen MR) is 100 cm³/mol. The van der Waals surface area contributed by atoms with Gasteiger partial charge in [-0.1, -0.05) is 23.7 Å². The van der Waals surface area contributed by atoms with Crippen LogP contribution in [0.1, 0.15) is 17.2 Å². The summed E-state index contributed by atoms with van der Waals surface area (Å²) in [6.45, 7) is 0.703. The lowest BCUT2D eigenvalue weighted by Crippen LogP contribution is -2.34. The molecule has 2 unspecified atom stereocenters. The Morgan fingerprint density at radius 3 is 2.70 bits per heavy atom. The summed E-state index contributed by atoms with van der Waals surface area (Å²) in [6, 6.07) is 9.43. The molecule has 1 amide bonds. The van der Waals surface area contributed by atoms with E-state index < -0.39 is 5.82 Å². The van der Waals surface area contributed by atoms with Crippen LogP contribution in [0.3, 0.4) is 0 Å². The largest absolute Gasteiger partial charge is 0.493 e. The van der Waals surface area contributed by atoms with Gasteiger partial charge in [0.15, 0.2) is 11.5 Å². The Kier molecular flexibility index (Phi) is 6.15. The Morgan fingerprint density at radius 1 is 1.22 bits per heavy atom. The molecule has 2 atom stereocenters. The molecule has 0 bridgehead atoms. The van der Waals surface area contributed by atoms with Crippen LogP contribution in [-0.4, -0.2) is 26.7 Å². The molecule has 3 N–H and O–H groups in total. The second kappa shape index (κ2) is 8.56. The van der Waals surface area contributed by atoms with Crippen LogP contribution in [0.25, 0.3) is 0 Å². The summed E-state index contributed by atoms with van der Waals surface area (Å²) in [7, 11) is 3.14. The standard InChI is InChI=1S/C19H21ClFN3O3/c1-26-16-6-4-11(7-17(16)27-2)18-14(10-23-24-18)19(25)22-9-12-3-5-13(21)8-15(12)20/h3-8,14,18,23-24H,9-10H2,1-2H3,(H,22,25). The van der Waals surface area contributed by atoms with Gasteiger partial charge in [0, 0.05) is 18.1 Å². The molecule has 1 aliphatic rings. The van der Waals surface area contributed by atoms with Crippen molar-refractivity contribution in [2.75, 3.05) is 20.8 Å². The van der Waals surface area contributed by atoms with Gasteiger partial charge < -0.3 is 14.8 Å². The molecular weight excluding hydrogens is 373 g/mol. The van der Waals surface area contributed by atoms with Crippen LogP contribution < -0.4 is 25.6 Å². The molecule has 3 rings (SSSR count). The molecule has 0 spiro atoms. The first-order valence-electron chi connectivity index (χ1n) is 8.45. The van der Waals surface area contributed by atoms with Crippen molar-refractivity contribution in [2.45, 2.75) is 12.6 Å². The number of methoxy groups -OCH3 is 2. The van der Waals surface area contributed by atoms with Gasteiger partial charge in [-0.2, -0.15) is 0 Å². The highest BCUT2D eigenvalue weighted by molar-refractivity contribution is 6.31. The topological polar surface area (TPSA) is 71.6 Å². The van der Waals surface area contributed by atoms with Gasteiger partial charge in [-0.3, -0.25) is 10.2 Å². The minimum absolute atomic E-state index is 0.132. The molecule has 1 aliphatic heterocycles. The first-order chi connectivity index (χ1) is 13.0. The summed E-state index contributed by atoms with van der Waals surface area (Å²) in [5.74, 6) is 0.350. The molecule has 2 aromatic rings. The fourth-order valence-electron chi connectivity index (χ4n) is 3.08. The smallest absolute Gasteiger partial charge is 0.226 e. The molecule has 144 valence electrons. The van der Waals surface area contributed by atoms with Gasteiger partial charge in [0.2, 0.25) is 5.91 Å². The number of rotatable bonds is 6. The van der Waals surface area contributed by atoms with Gasteiger partial charge in [0.1, 0.15) is 5.82 Å². The van der Waals surface area contributed by atoms with E-state index in [0.29, 0.717) is 23.6 Å². The summed E-state index contributed by atoms with van der Waals surface area (Å²) in [6.07, 6.45) is 0. The van der Waals surface area contributed by atoms with Crippen LogP contribution in [0.15, 0.2) is 36.4 Å². The van der Waals surface area contributed by atoms with Crippen molar-refractivity contribution < 1.29 is 18.7 Å². The molecule has 1 heterocycles. The summed E-state index contributed by atoms with van der Waals surface area (Å²) in [5.41, 5.74) is 7.71. The number of hydrogen-bond acceptors (Lipinski definition) is 5. The fraction of sp³-hybridized carbons (Fsp3) is 0.316. The van der Waals surface area contributed by atoms with Crippen molar-refractivity contribution in [3.8, 4) is 11.5 Å². The number of nitrogens with one attached hydrogen (secondary N) is 3. The minimum Gasteiger partial charge on any atom is -0.493 e. The first-order valence-corrected chi connectivity index (χ1v) is 8.83. The SMILES string of the molecule is COc1ccc(C2NNCC2C(=O)NCc2ccc(F)cc2Cl)cc1OC. The van der Waals surface area contributed by atoms with E-state index in [9.17, 15) is 9.18 Å². The first kappa shape index (κ1) is 19.4. The highest BCUT2D eigenvalue weighted by Gasteiger charge is 2.34. The maximum Gasteiger partial charge on any atom is 0.226 e. The number of hydrogen-bond donors (Lipinski definition) is 3. The molecule has 0 aromatic heterocycles. The van der Waals surface area contributed by atoms with Gasteiger partial charge in [-0.25, -0.2) is 9.82 Å². The molecule has 2 aromatic carbocycles. The number of carbonyl (C=O) groups is 1. The maximum absolute atomic E-state index is 13.1. The average molecular weight is 394 g/mol. The van der Waals surface area contributed by atoms with E-state index in [1.54, 1.807) is 26.4 Å². The molecular formula is C19H21ClFN3O3. The van der Waals surface area contributed by atoms with Crippen molar-refractivity contribution in [3.63, 3.8) is 0 Å². The Morgan fingerprint density at radius 2 is 2.00 bits per heavy atom. The number of ether oxygens (including phenoxy) is 2. The number of benzene rings is 2. The zero-order valence-corrected chi connectivity index (χ0v) is 15.8. The molecule has 0 saturated carbocycles. The molecule has 27 heavy (non-hydrogen) atoms. The van der Waals surface area contributed by atoms with Crippen molar-refractivity contribution in [2.24, 2.45) is 5.92 Å². The van der Waals surface area contributed by atoms with Crippen molar-refractivity contribution >= 4 is 17.5 Å². The van der Waals surface area contributed by atoms with E-state index in [2.05, 4.69) is 16.2 Å². The lowest BCUT2D eigenvalue weighted by molar-refractivity contribution is -0.125. The van der Waals surface area contributed by atoms with E-state index in [-0.39, 0.29) is 29.4 Å². The summed E-state index contributed by atoms with van der Waals surface area (Å²) < 4.78 is 23.7. The lowest BCUT2D eigenvalue weighted by Gasteiger charge is -2.20. The van der Waals surface area contributed by atoms with Crippen LogP contribution in [0, 0.1) is 11.7 Å². The van der Waals surface area contributed by atoms with E-state index >= 15 is 0 Å².